The number of Topliss-reactive ketones (excluding diaryl/α,β-unsaturated/α-hetero) is 1. The number of carbonyl (C=O) groups is 1. The van der Waals surface area contributed by atoms with Crippen LogP contribution in [-0.2, 0) is 4.79 Å². The van der Waals surface area contributed by atoms with Crippen LogP contribution in [0.1, 0.15) is 25.6 Å². The summed E-state index contributed by atoms with van der Waals surface area (Å²) in [7, 11) is 0. The Balaban J connectivity index is 3.02. The minimum Gasteiger partial charge on any atom is -0.382 e. The first kappa shape index (κ1) is 8.77. The molecule has 1 heterocycles. The fraction of sp³-hybridized carbons (Fsp3) is 0.500. The van der Waals surface area contributed by atoms with E-state index < -0.39 is 0 Å². The minimum absolute atomic E-state index is 0.0844. The van der Waals surface area contributed by atoms with E-state index in [-0.39, 0.29) is 11.8 Å². The topological polar surface area (TPSA) is 60.9 Å². The fourth-order valence-electron chi connectivity index (χ4n) is 1.08. The van der Waals surface area contributed by atoms with Crippen molar-refractivity contribution in [3.63, 3.8) is 0 Å². The quantitative estimate of drug-likeness (QED) is 0.712. The lowest BCUT2D eigenvalue weighted by atomic mass is 10.2. The first-order chi connectivity index (χ1) is 5.52. The summed E-state index contributed by atoms with van der Waals surface area (Å²) < 4.78 is 1.64. The third-order valence-corrected chi connectivity index (χ3v) is 1.90. The van der Waals surface area contributed by atoms with Crippen molar-refractivity contribution in [2.45, 2.75) is 26.8 Å². The van der Waals surface area contributed by atoms with Gasteiger partial charge in [-0.15, -0.1) is 0 Å². The molecule has 1 aromatic rings. The van der Waals surface area contributed by atoms with E-state index in [1.165, 1.54) is 0 Å². The molecule has 0 aliphatic rings. The van der Waals surface area contributed by atoms with Gasteiger partial charge in [0.1, 0.15) is 11.9 Å². The van der Waals surface area contributed by atoms with E-state index in [1.807, 2.05) is 13.8 Å². The smallest absolute Gasteiger partial charge is 0.154 e. The number of anilines is 1. The van der Waals surface area contributed by atoms with Crippen LogP contribution in [0.2, 0.25) is 0 Å². The molecule has 1 unspecified atom stereocenters. The second-order valence-electron chi connectivity index (χ2n) is 2.94. The molecule has 4 nitrogen and oxygen atoms in total. The summed E-state index contributed by atoms with van der Waals surface area (Å²) in [5, 5.41) is 4.00. The van der Waals surface area contributed by atoms with E-state index >= 15 is 0 Å². The molecule has 1 rings (SSSR count). The van der Waals surface area contributed by atoms with Crippen molar-refractivity contribution in [1.82, 2.24) is 9.78 Å². The van der Waals surface area contributed by atoms with Gasteiger partial charge in [0.25, 0.3) is 0 Å². The number of aromatic nitrogens is 2. The number of aryl methyl sites for hydroxylation is 1. The van der Waals surface area contributed by atoms with E-state index in [1.54, 1.807) is 17.7 Å². The number of nitrogen functional groups attached to an aromatic ring is 1. The van der Waals surface area contributed by atoms with Gasteiger partial charge < -0.3 is 5.73 Å². The van der Waals surface area contributed by atoms with Gasteiger partial charge in [-0.2, -0.15) is 5.10 Å². The van der Waals surface area contributed by atoms with Gasteiger partial charge in [0.15, 0.2) is 5.78 Å². The molecule has 0 saturated heterocycles. The number of ketones is 1. The van der Waals surface area contributed by atoms with Crippen molar-refractivity contribution in [1.29, 1.82) is 0 Å². The summed E-state index contributed by atoms with van der Waals surface area (Å²) in [5.41, 5.74) is 6.39. The highest BCUT2D eigenvalue weighted by atomic mass is 16.1. The lowest BCUT2D eigenvalue weighted by Crippen LogP contribution is -2.16. The maximum atomic E-state index is 11.0. The Hall–Kier alpha value is -1.32. The number of carbonyl (C=O) groups excluding carboxylic acids is 1. The van der Waals surface area contributed by atoms with Crippen LogP contribution in [-0.4, -0.2) is 15.6 Å². The number of nitrogens with two attached hydrogens (primary N) is 1. The van der Waals surface area contributed by atoms with Gasteiger partial charge in [-0.1, -0.05) is 0 Å². The second kappa shape index (κ2) is 2.97. The second-order valence-corrected chi connectivity index (χ2v) is 2.94. The average molecular weight is 167 g/mol. The fourth-order valence-corrected chi connectivity index (χ4v) is 1.08. The van der Waals surface area contributed by atoms with Gasteiger partial charge in [0, 0.05) is 11.8 Å². The molecule has 0 aliphatic heterocycles. The maximum Gasteiger partial charge on any atom is 0.154 e. The highest BCUT2D eigenvalue weighted by Gasteiger charge is 2.13. The minimum atomic E-state index is -0.220. The first-order valence-corrected chi connectivity index (χ1v) is 3.84. The van der Waals surface area contributed by atoms with Crippen molar-refractivity contribution in [2.75, 3.05) is 5.73 Å². The highest BCUT2D eigenvalue weighted by Crippen LogP contribution is 2.12. The van der Waals surface area contributed by atoms with Crippen LogP contribution in [0.5, 0.6) is 0 Å². The zero-order valence-electron chi connectivity index (χ0n) is 7.53. The zero-order valence-corrected chi connectivity index (χ0v) is 7.53. The summed E-state index contributed by atoms with van der Waals surface area (Å²) in [5.74, 6) is 0.543. The Morgan fingerprint density at radius 2 is 2.33 bits per heavy atom. The molecule has 0 fully saturated rings. The molecule has 0 saturated carbocycles. The highest BCUT2D eigenvalue weighted by molar-refractivity contribution is 5.79. The molecule has 0 amide bonds. The maximum absolute atomic E-state index is 11.0. The Bertz CT molecular complexity index is 303. The molecule has 4 heteroatoms. The van der Waals surface area contributed by atoms with Crippen LogP contribution in [0.25, 0.3) is 0 Å². The van der Waals surface area contributed by atoms with E-state index in [0.29, 0.717) is 5.82 Å². The predicted molar refractivity (Wildman–Crippen MR) is 46.8 cm³/mol. The average Bonchev–Trinajstić information content (AvgIpc) is 2.28. The molecule has 12 heavy (non-hydrogen) atoms. The normalized spacial score (nSPS) is 12.9. The van der Waals surface area contributed by atoms with Gasteiger partial charge >= 0.3 is 0 Å². The first-order valence-electron chi connectivity index (χ1n) is 3.84. The van der Waals surface area contributed by atoms with Crippen LogP contribution in [0, 0.1) is 6.92 Å². The van der Waals surface area contributed by atoms with Gasteiger partial charge in [0.05, 0.1) is 0 Å². The Morgan fingerprint density at radius 1 is 1.75 bits per heavy atom. The molecule has 0 aliphatic carbocycles. The summed E-state index contributed by atoms with van der Waals surface area (Å²) in [4.78, 5) is 11.0. The standard InChI is InChI=1S/C8H13N3O/c1-5-4-8(9)10-11(5)6(2)7(3)12/h4,6H,1-3H3,(H2,9,10). The number of hydrogen-bond acceptors (Lipinski definition) is 3. The van der Waals surface area contributed by atoms with E-state index in [9.17, 15) is 4.79 Å². The number of rotatable bonds is 2. The molecule has 0 bridgehead atoms. The molecule has 0 spiro atoms. The van der Waals surface area contributed by atoms with Crippen molar-refractivity contribution in [3.8, 4) is 0 Å². The van der Waals surface area contributed by atoms with Gasteiger partial charge in [-0.05, 0) is 20.8 Å². The Labute approximate surface area is 71.4 Å². The predicted octanol–water partition coefficient (Wildman–Crippen LogP) is 0.924. The van der Waals surface area contributed by atoms with Gasteiger partial charge in [-0.3, -0.25) is 9.48 Å². The van der Waals surface area contributed by atoms with Crippen molar-refractivity contribution in [2.24, 2.45) is 0 Å². The summed E-state index contributed by atoms with van der Waals surface area (Å²) in [6, 6.07) is 1.53. The Kier molecular flexibility index (Phi) is 2.17. The summed E-state index contributed by atoms with van der Waals surface area (Å²) in [6.07, 6.45) is 0. The van der Waals surface area contributed by atoms with Crippen LogP contribution < -0.4 is 5.73 Å². The molecule has 0 aromatic carbocycles. The zero-order chi connectivity index (χ0) is 9.30. The van der Waals surface area contributed by atoms with Crippen molar-refractivity contribution in [3.05, 3.63) is 11.8 Å². The molecule has 2 N–H and O–H groups in total. The third kappa shape index (κ3) is 1.47. The van der Waals surface area contributed by atoms with Crippen LogP contribution in [0.3, 0.4) is 0 Å². The third-order valence-electron chi connectivity index (χ3n) is 1.90. The lowest BCUT2D eigenvalue weighted by molar-refractivity contribution is -0.119. The molecule has 0 radical (unpaired) electrons. The van der Waals surface area contributed by atoms with E-state index in [2.05, 4.69) is 5.10 Å². The van der Waals surface area contributed by atoms with Crippen LogP contribution >= 0.6 is 0 Å². The molecular weight excluding hydrogens is 154 g/mol. The summed E-state index contributed by atoms with van der Waals surface area (Å²) in [6.45, 7) is 5.23. The van der Waals surface area contributed by atoms with Crippen LogP contribution in [0.15, 0.2) is 6.07 Å². The SMILES string of the molecule is CC(=O)C(C)n1nc(N)cc1C. The lowest BCUT2D eigenvalue weighted by Gasteiger charge is -2.09. The number of nitrogens with zero attached hydrogens (tertiary/aromatic N) is 2. The number of hydrogen-bond donors (Lipinski definition) is 1. The largest absolute Gasteiger partial charge is 0.382 e. The van der Waals surface area contributed by atoms with Gasteiger partial charge in [0.2, 0.25) is 0 Å². The molecule has 1 atom stereocenters. The van der Waals surface area contributed by atoms with Crippen molar-refractivity contribution >= 4 is 11.6 Å². The van der Waals surface area contributed by atoms with Crippen molar-refractivity contribution < 1.29 is 4.79 Å². The van der Waals surface area contributed by atoms with Gasteiger partial charge in [-0.25, -0.2) is 0 Å². The molecule has 66 valence electrons. The van der Waals surface area contributed by atoms with E-state index in [4.69, 9.17) is 5.73 Å². The summed E-state index contributed by atoms with van der Waals surface area (Å²) >= 11 is 0. The monoisotopic (exact) mass is 167 g/mol. The molecular formula is C8H13N3O. The van der Waals surface area contributed by atoms with E-state index in [0.717, 1.165) is 5.69 Å². The van der Waals surface area contributed by atoms with Crippen LogP contribution in [0.4, 0.5) is 5.82 Å². The Morgan fingerprint density at radius 3 is 2.67 bits per heavy atom. The molecule has 1 aromatic heterocycles.